The molecular formula is C16H28N4. The lowest BCUT2D eigenvalue weighted by molar-refractivity contribution is 0.603. The van der Waals surface area contributed by atoms with Gasteiger partial charge in [0, 0.05) is 24.7 Å². The van der Waals surface area contributed by atoms with Crippen LogP contribution in [0.5, 0.6) is 0 Å². The van der Waals surface area contributed by atoms with Crippen molar-refractivity contribution >= 4 is 5.82 Å². The van der Waals surface area contributed by atoms with Crippen molar-refractivity contribution in [3.8, 4) is 0 Å². The minimum atomic E-state index is 0.560. The second kappa shape index (κ2) is 7.02. The Morgan fingerprint density at radius 3 is 2.25 bits per heavy atom. The van der Waals surface area contributed by atoms with Crippen molar-refractivity contribution < 1.29 is 0 Å². The van der Waals surface area contributed by atoms with Gasteiger partial charge in [-0.1, -0.05) is 26.7 Å². The molecule has 0 radical (unpaired) electrons. The zero-order chi connectivity index (χ0) is 14.5. The molecule has 112 valence electrons. The van der Waals surface area contributed by atoms with Crippen LogP contribution in [0.3, 0.4) is 0 Å². The summed E-state index contributed by atoms with van der Waals surface area (Å²) >= 11 is 0. The third kappa shape index (κ3) is 2.80. The lowest BCUT2D eigenvalue weighted by Gasteiger charge is -2.31. The van der Waals surface area contributed by atoms with Crippen LogP contribution in [-0.2, 0) is 19.4 Å². The van der Waals surface area contributed by atoms with E-state index in [9.17, 15) is 0 Å². The van der Waals surface area contributed by atoms with Crippen molar-refractivity contribution in [2.75, 3.05) is 11.4 Å². The van der Waals surface area contributed by atoms with Gasteiger partial charge in [-0.2, -0.15) is 5.10 Å². The van der Waals surface area contributed by atoms with Crippen molar-refractivity contribution in [2.45, 2.75) is 71.9 Å². The second-order valence-electron chi connectivity index (χ2n) is 5.56. The first-order valence-electron chi connectivity index (χ1n) is 8.10. The fraction of sp³-hybridized carbons (Fsp3) is 0.750. The maximum Gasteiger partial charge on any atom is 0.156 e. The predicted molar refractivity (Wildman–Crippen MR) is 84.0 cm³/mol. The van der Waals surface area contributed by atoms with E-state index in [1.807, 2.05) is 0 Å². The second-order valence-corrected chi connectivity index (χ2v) is 5.56. The Morgan fingerprint density at radius 2 is 1.75 bits per heavy atom. The highest BCUT2D eigenvalue weighted by atomic mass is 15.3. The highest BCUT2D eigenvalue weighted by Crippen LogP contribution is 2.30. The number of anilines is 1. The molecule has 0 saturated heterocycles. The van der Waals surface area contributed by atoms with Crippen molar-refractivity contribution in [3.63, 3.8) is 0 Å². The maximum absolute atomic E-state index is 6.05. The van der Waals surface area contributed by atoms with Crippen LogP contribution in [-0.4, -0.2) is 22.8 Å². The Morgan fingerprint density at radius 1 is 1.05 bits per heavy atom. The fourth-order valence-corrected chi connectivity index (χ4v) is 3.48. The van der Waals surface area contributed by atoms with Gasteiger partial charge in [0.15, 0.2) is 5.82 Å². The molecule has 2 rings (SSSR count). The maximum atomic E-state index is 6.05. The number of nitrogens with zero attached hydrogens (tertiary/aromatic N) is 3. The van der Waals surface area contributed by atoms with E-state index in [1.165, 1.54) is 36.8 Å². The summed E-state index contributed by atoms with van der Waals surface area (Å²) in [5.74, 6) is 1.04. The molecule has 0 unspecified atom stereocenters. The topological polar surface area (TPSA) is 55.0 Å². The minimum Gasteiger partial charge on any atom is -0.352 e. The summed E-state index contributed by atoms with van der Waals surface area (Å²) in [4.78, 5) is 2.43. The average Bonchev–Trinajstić information content (AvgIpc) is 3.01. The largest absolute Gasteiger partial charge is 0.352 e. The van der Waals surface area contributed by atoms with Crippen LogP contribution < -0.4 is 10.6 Å². The van der Waals surface area contributed by atoms with Crippen molar-refractivity contribution in [1.82, 2.24) is 10.2 Å². The van der Waals surface area contributed by atoms with Gasteiger partial charge in [0.1, 0.15) is 0 Å². The monoisotopic (exact) mass is 276 g/mol. The van der Waals surface area contributed by atoms with Crippen LogP contribution in [0, 0.1) is 0 Å². The number of nitrogens with two attached hydrogens (primary N) is 1. The van der Waals surface area contributed by atoms with Gasteiger partial charge in [0.05, 0.1) is 5.69 Å². The summed E-state index contributed by atoms with van der Waals surface area (Å²) in [6, 6.07) is 0.622. The van der Waals surface area contributed by atoms with Crippen molar-refractivity contribution in [2.24, 2.45) is 5.73 Å². The van der Waals surface area contributed by atoms with Crippen LogP contribution in [0.1, 0.15) is 63.3 Å². The van der Waals surface area contributed by atoms with E-state index in [2.05, 4.69) is 35.9 Å². The zero-order valence-corrected chi connectivity index (χ0v) is 13.2. The molecule has 1 heterocycles. The van der Waals surface area contributed by atoms with E-state index in [0.29, 0.717) is 12.6 Å². The van der Waals surface area contributed by atoms with Gasteiger partial charge in [-0.15, -0.1) is 5.10 Å². The Bertz CT molecular complexity index is 438. The summed E-state index contributed by atoms with van der Waals surface area (Å²) < 4.78 is 0. The standard InChI is InChI=1S/C16H28N4/c1-4-13-14(11-17)16(19-18-15(13)5-2)20(6-3)12-9-7-8-10-12/h12H,4-11,17H2,1-3H3. The van der Waals surface area contributed by atoms with Crippen LogP contribution >= 0.6 is 0 Å². The molecule has 0 amide bonds. The number of hydrogen-bond donors (Lipinski definition) is 1. The predicted octanol–water partition coefficient (Wildman–Crippen LogP) is 2.83. The van der Waals surface area contributed by atoms with Gasteiger partial charge in [-0.25, -0.2) is 0 Å². The molecule has 1 fully saturated rings. The molecule has 1 aromatic heterocycles. The fourth-order valence-electron chi connectivity index (χ4n) is 3.48. The SMILES string of the molecule is CCc1nnc(N(CC)C2CCCC2)c(CN)c1CC. The van der Waals surface area contributed by atoms with Crippen molar-refractivity contribution in [3.05, 3.63) is 16.8 Å². The highest BCUT2D eigenvalue weighted by Gasteiger charge is 2.26. The van der Waals surface area contributed by atoms with Gasteiger partial charge < -0.3 is 10.6 Å². The molecule has 1 aliphatic carbocycles. The third-order valence-corrected chi connectivity index (χ3v) is 4.52. The summed E-state index contributed by atoms with van der Waals surface area (Å²) in [7, 11) is 0. The summed E-state index contributed by atoms with van der Waals surface area (Å²) in [5, 5.41) is 9.01. The number of aromatic nitrogens is 2. The zero-order valence-electron chi connectivity index (χ0n) is 13.2. The lowest BCUT2D eigenvalue weighted by Crippen LogP contribution is -2.35. The molecule has 0 bridgehead atoms. The normalized spacial score (nSPS) is 15.8. The van der Waals surface area contributed by atoms with E-state index < -0.39 is 0 Å². The molecule has 2 N–H and O–H groups in total. The smallest absolute Gasteiger partial charge is 0.156 e. The van der Waals surface area contributed by atoms with E-state index in [-0.39, 0.29) is 0 Å². The molecule has 20 heavy (non-hydrogen) atoms. The first-order chi connectivity index (χ1) is 9.76. The van der Waals surface area contributed by atoms with Gasteiger partial charge >= 0.3 is 0 Å². The first kappa shape index (κ1) is 15.2. The average molecular weight is 276 g/mol. The van der Waals surface area contributed by atoms with Crippen molar-refractivity contribution in [1.29, 1.82) is 0 Å². The molecule has 0 aliphatic heterocycles. The van der Waals surface area contributed by atoms with Crippen LogP contribution in [0.4, 0.5) is 5.82 Å². The molecule has 4 nitrogen and oxygen atoms in total. The molecule has 0 spiro atoms. The molecule has 4 heteroatoms. The lowest BCUT2D eigenvalue weighted by atomic mass is 10.0. The van der Waals surface area contributed by atoms with Crippen LogP contribution in [0.25, 0.3) is 0 Å². The van der Waals surface area contributed by atoms with Gasteiger partial charge in [0.25, 0.3) is 0 Å². The number of hydrogen-bond acceptors (Lipinski definition) is 4. The molecular weight excluding hydrogens is 248 g/mol. The highest BCUT2D eigenvalue weighted by molar-refractivity contribution is 5.52. The van der Waals surface area contributed by atoms with Gasteiger partial charge in [-0.3, -0.25) is 0 Å². The van der Waals surface area contributed by atoms with E-state index in [1.54, 1.807) is 0 Å². The molecule has 0 aromatic carbocycles. The molecule has 1 aliphatic rings. The van der Waals surface area contributed by atoms with Crippen LogP contribution in [0.2, 0.25) is 0 Å². The van der Waals surface area contributed by atoms with Gasteiger partial charge in [0.2, 0.25) is 0 Å². The van der Waals surface area contributed by atoms with Crippen LogP contribution in [0.15, 0.2) is 0 Å². The first-order valence-corrected chi connectivity index (χ1v) is 8.10. The summed E-state index contributed by atoms with van der Waals surface area (Å²) in [6.45, 7) is 8.08. The van der Waals surface area contributed by atoms with E-state index >= 15 is 0 Å². The Balaban J connectivity index is 2.43. The Kier molecular flexibility index (Phi) is 5.35. The Hall–Kier alpha value is -1.16. The summed E-state index contributed by atoms with van der Waals surface area (Å²) in [6.07, 6.45) is 7.13. The molecule has 1 saturated carbocycles. The molecule has 0 atom stereocenters. The van der Waals surface area contributed by atoms with E-state index in [0.717, 1.165) is 30.9 Å². The quantitative estimate of drug-likeness (QED) is 0.868. The number of aryl methyl sites for hydroxylation is 1. The third-order valence-electron chi connectivity index (χ3n) is 4.52. The minimum absolute atomic E-state index is 0.560. The molecule has 1 aromatic rings. The summed E-state index contributed by atoms with van der Waals surface area (Å²) in [5.41, 5.74) is 9.69. The number of rotatable bonds is 6. The van der Waals surface area contributed by atoms with Gasteiger partial charge in [-0.05, 0) is 38.2 Å². The van der Waals surface area contributed by atoms with E-state index in [4.69, 9.17) is 5.73 Å². The Labute approximate surface area is 122 Å².